The number of carbonyl (C=O) groups excluding carboxylic acids is 1. The summed E-state index contributed by atoms with van der Waals surface area (Å²) in [4.78, 5) is 11.9. The molecule has 0 aliphatic heterocycles. The summed E-state index contributed by atoms with van der Waals surface area (Å²) in [6.45, 7) is 0.373. The third kappa shape index (κ3) is 2.50. The van der Waals surface area contributed by atoms with E-state index in [1.165, 1.54) is 25.7 Å². The summed E-state index contributed by atoms with van der Waals surface area (Å²) >= 11 is 0. The predicted molar refractivity (Wildman–Crippen MR) is 72.3 cm³/mol. The largest absolute Gasteiger partial charge is 0.376 e. The molecule has 96 valence electrons. The van der Waals surface area contributed by atoms with E-state index >= 15 is 0 Å². The Morgan fingerprint density at radius 2 is 2.00 bits per heavy atom. The van der Waals surface area contributed by atoms with Crippen LogP contribution in [0.5, 0.6) is 0 Å². The Kier molecular flexibility index (Phi) is 3.22. The summed E-state index contributed by atoms with van der Waals surface area (Å²) in [6.07, 6.45) is 5.21. The van der Waals surface area contributed by atoms with Gasteiger partial charge < -0.3 is 10.6 Å². The van der Waals surface area contributed by atoms with Crippen molar-refractivity contribution in [2.75, 3.05) is 11.9 Å². The second-order valence-corrected chi connectivity index (χ2v) is 5.57. The third-order valence-corrected chi connectivity index (χ3v) is 4.31. The van der Waals surface area contributed by atoms with E-state index < -0.39 is 0 Å². The lowest BCUT2D eigenvalue weighted by molar-refractivity contribution is -0.120. The van der Waals surface area contributed by atoms with Gasteiger partial charge in [-0.05, 0) is 43.2 Å². The van der Waals surface area contributed by atoms with Crippen LogP contribution in [0, 0.1) is 11.8 Å². The van der Waals surface area contributed by atoms with Crippen LogP contribution in [0.2, 0.25) is 0 Å². The highest BCUT2D eigenvalue weighted by Gasteiger charge is 2.39. The van der Waals surface area contributed by atoms with Gasteiger partial charge in [0.1, 0.15) is 0 Å². The molecule has 3 heteroatoms. The van der Waals surface area contributed by atoms with Gasteiger partial charge in [-0.3, -0.25) is 4.79 Å². The molecule has 0 radical (unpaired) electrons. The maximum absolute atomic E-state index is 11.9. The number of hydrogen-bond donors (Lipinski definition) is 2. The van der Waals surface area contributed by atoms with Crippen LogP contribution in [0.3, 0.4) is 0 Å². The van der Waals surface area contributed by atoms with Gasteiger partial charge in [-0.2, -0.15) is 0 Å². The zero-order valence-electron chi connectivity index (χ0n) is 10.6. The van der Waals surface area contributed by atoms with Crippen LogP contribution in [0.1, 0.15) is 25.7 Å². The first kappa shape index (κ1) is 11.6. The minimum atomic E-state index is 0.122. The van der Waals surface area contributed by atoms with Crippen molar-refractivity contribution in [1.82, 2.24) is 5.32 Å². The van der Waals surface area contributed by atoms with E-state index in [1.807, 2.05) is 30.3 Å². The minimum Gasteiger partial charge on any atom is -0.376 e. The van der Waals surface area contributed by atoms with Crippen LogP contribution in [0.4, 0.5) is 5.69 Å². The standard InChI is InChI=1S/C15H20N2O/c18-15(10-16-13-4-2-1-3-5-13)17-14-9-11-6-7-12(14)8-11/h1-5,11-12,14,16H,6-10H2,(H,17,18). The summed E-state index contributed by atoms with van der Waals surface area (Å²) in [6, 6.07) is 10.3. The van der Waals surface area contributed by atoms with Gasteiger partial charge >= 0.3 is 0 Å². The second-order valence-electron chi connectivity index (χ2n) is 5.57. The molecule has 2 bridgehead atoms. The van der Waals surface area contributed by atoms with Crippen molar-refractivity contribution >= 4 is 11.6 Å². The topological polar surface area (TPSA) is 41.1 Å². The van der Waals surface area contributed by atoms with Crippen LogP contribution in [-0.2, 0) is 4.79 Å². The maximum Gasteiger partial charge on any atom is 0.239 e. The Morgan fingerprint density at radius 1 is 1.17 bits per heavy atom. The number of benzene rings is 1. The molecule has 2 aliphatic carbocycles. The Hall–Kier alpha value is -1.51. The Balaban J connectivity index is 1.45. The number of anilines is 1. The van der Waals surface area contributed by atoms with E-state index in [4.69, 9.17) is 0 Å². The Labute approximate surface area is 108 Å². The zero-order chi connectivity index (χ0) is 12.4. The Bertz CT molecular complexity index is 418. The number of amides is 1. The van der Waals surface area contributed by atoms with E-state index in [0.717, 1.165) is 17.5 Å². The molecule has 3 atom stereocenters. The van der Waals surface area contributed by atoms with Crippen molar-refractivity contribution in [3.63, 3.8) is 0 Å². The normalized spacial score (nSPS) is 29.2. The first-order valence-electron chi connectivity index (χ1n) is 6.89. The highest BCUT2D eigenvalue weighted by molar-refractivity contribution is 5.81. The smallest absolute Gasteiger partial charge is 0.239 e. The van der Waals surface area contributed by atoms with Crippen molar-refractivity contribution in [2.24, 2.45) is 11.8 Å². The molecule has 1 aromatic carbocycles. The fourth-order valence-corrected chi connectivity index (χ4v) is 3.42. The monoisotopic (exact) mass is 244 g/mol. The molecular weight excluding hydrogens is 224 g/mol. The van der Waals surface area contributed by atoms with Gasteiger partial charge in [-0.25, -0.2) is 0 Å². The van der Waals surface area contributed by atoms with Gasteiger partial charge in [0, 0.05) is 11.7 Å². The lowest BCUT2D eigenvalue weighted by atomic mass is 9.95. The van der Waals surface area contributed by atoms with E-state index in [-0.39, 0.29) is 5.91 Å². The van der Waals surface area contributed by atoms with E-state index in [9.17, 15) is 4.79 Å². The van der Waals surface area contributed by atoms with Gasteiger partial charge in [0.15, 0.2) is 0 Å². The molecule has 1 amide bonds. The van der Waals surface area contributed by atoms with Gasteiger partial charge in [0.25, 0.3) is 0 Å². The molecule has 18 heavy (non-hydrogen) atoms. The van der Waals surface area contributed by atoms with E-state index in [0.29, 0.717) is 12.6 Å². The summed E-state index contributed by atoms with van der Waals surface area (Å²) in [5.41, 5.74) is 1.00. The summed E-state index contributed by atoms with van der Waals surface area (Å²) in [5.74, 6) is 1.74. The van der Waals surface area contributed by atoms with E-state index in [2.05, 4.69) is 10.6 Å². The molecule has 3 nitrogen and oxygen atoms in total. The van der Waals surface area contributed by atoms with Crippen molar-refractivity contribution < 1.29 is 4.79 Å². The highest BCUT2D eigenvalue weighted by atomic mass is 16.2. The maximum atomic E-state index is 11.9. The average Bonchev–Trinajstić information content (AvgIpc) is 3.00. The van der Waals surface area contributed by atoms with Gasteiger partial charge in [0.05, 0.1) is 6.54 Å². The molecule has 0 spiro atoms. The Morgan fingerprint density at radius 3 is 2.67 bits per heavy atom. The van der Waals surface area contributed by atoms with Crippen molar-refractivity contribution in [3.05, 3.63) is 30.3 Å². The average molecular weight is 244 g/mol. The van der Waals surface area contributed by atoms with Crippen LogP contribution in [0.15, 0.2) is 30.3 Å². The first-order chi connectivity index (χ1) is 8.81. The first-order valence-corrected chi connectivity index (χ1v) is 6.89. The summed E-state index contributed by atoms with van der Waals surface area (Å²) in [5, 5.41) is 6.33. The molecule has 2 aliphatic rings. The number of para-hydroxylation sites is 1. The molecule has 1 aromatic rings. The number of rotatable bonds is 4. The molecule has 2 N–H and O–H groups in total. The third-order valence-electron chi connectivity index (χ3n) is 4.31. The molecular formula is C15H20N2O. The molecule has 0 saturated heterocycles. The highest BCUT2D eigenvalue weighted by Crippen LogP contribution is 2.44. The number of hydrogen-bond acceptors (Lipinski definition) is 2. The quantitative estimate of drug-likeness (QED) is 0.854. The van der Waals surface area contributed by atoms with Crippen LogP contribution >= 0.6 is 0 Å². The predicted octanol–water partition coefficient (Wildman–Crippen LogP) is 2.40. The van der Waals surface area contributed by atoms with E-state index in [1.54, 1.807) is 0 Å². The van der Waals surface area contributed by atoms with Gasteiger partial charge in [-0.1, -0.05) is 24.6 Å². The zero-order valence-corrected chi connectivity index (χ0v) is 10.6. The minimum absolute atomic E-state index is 0.122. The molecule has 0 aromatic heterocycles. The summed E-state index contributed by atoms with van der Waals surface area (Å²) in [7, 11) is 0. The fourth-order valence-electron chi connectivity index (χ4n) is 3.42. The number of carbonyl (C=O) groups is 1. The van der Waals surface area contributed by atoms with Crippen molar-refractivity contribution in [1.29, 1.82) is 0 Å². The molecule has 3 rings (SSSR count). The molecule has 2 saturated carbocycles. The molecule has 2 fully saturated rings. The lowest BCUT2D eigenvalue weighted by Crippen LogP contribution is -2.41. The van der Waals surface area contributed by atoms with Gasteiger partial charge in [0.2, 0.25) is 5.91 Å². The van der Waals surface area contributed by atoms with Crippen molar-refractivity contribution in [3.8, 4) is 0 Å². The summed E-state index contributed by atoms with van der Waals surface area (Å²) < 4.78 is 0. The lowest BCUT2D eigenvalue weighted by Gasteiger charge is -2.23. The van der Waals surface area contributed by atoms with Crippen LogP contribution in [0.25, 0.3) is 0 Å². The van der Waals surface area contributed by atoms with Crippen LogP contribution < -0.4 is 10.6 Å². The van der Waals surface area contributed by atoms with Gasteiger partial charge in [-0.15, -0.1) is 0 Å². The number of fused-ring (bicyclic) bond motifs is 2. The SMILES string of the molecule is O=C(CNc1ccccc1)NC1CC2CCC1C2. The number of nitrogens with one attached hydrogen (secondary N) is 2. The van der Waals surface area contributed by atoms with Crippen molar-refractivity contribution in [2.45, 2.75) is 31.7 Å². The molecule has 3 unspecified atom stereocenters. The fraction of sp³-hybridized carbons (Fsp3) is 0.533. The molecule has 0 heterocycles. The second kappa shape index (κ2) is 5.01. The van der Waals surface area contributed by atoms with Crippen LogP contribution in [-0.4, -0.2) is 18.5 Å².